The number of amides is 1. The minimum absolute atomic E-state index is 0.0175. The van der Waals surface area contributed by atoms with Gasteiger partial charge in [-0.15, -0.1) is 0 Å². The van der Waals surface area contributed by atoms with Crippen molar-refractivity contribution in [1.82, 2.24) is 15.1 Å². The molecule has 0 spiro atoms. The van der Waals surface area contributed by atoms with Gasteiger partial charge in [-0.3, -0.25) is 9.48 Å². The molecule has 0 radical (unpaired) electrons. The molecular formula is C17H17N3O. The number of aromatic nitrogens is 2. The second kappa shape index (κ2) is 5.79. The van der Waals surface area contributed by atoms with Crippen molar-refractivity contribution in [1.29, 1.82) is 0 Å². The lowest BCUT2D eigenvalue weighted by Crippen LogP contribution is -2.35. The summed E-state index contributed by atoms with van der Waals surface area (Å²) in [7, 11) is 0. The van der Waals surface area contributed by atoms with E-state index < -0.39 is 0 Å². The van der Waals surface area contributed by atoms with Crippen molar-refractivity contribution in [3.63, 3.8) is 0 Å². The number of carbonyl (C=O) groups is 1. The van der Waals surface area contributed by atoms with Gasteiger partial charge < -0.3 is 5.32 Å². The predicted molar refractivity (Wildman–Crippen MR) is 83.1 cm³/mol. The Morgan fingerprint density at radius 3 is 2.76 bits per heavy atom. The van der Waals surface area contributed by atoms with Crippen molar-refractivity contribution >= 4 is 16.7 Å². The van der Waals surface area contributed by atoms with Gasteiger partial charge in [0.1, 0.15) is 0 Å². The van der Waals surface area contributed by atoms with Gasteiger partial charge in [-0.25, -0.2) is 0 Å². The average molecular weight is 279 g/mol. The molecule has 0 aliphatic rings. The largest absolute Gasteiger partial charge is 0.348 e. The van der Waals surface area contributed by atoms with E-state index in [1.54, 1.807) is 6.20 Å². The summed E-state index contributed by atoms with van der Waals surface area (Å²) in [5.41, 5.74) is 0.681. The molecular weight excluding hydrogens is 262 g/mol. The minimum atomic E-state index is -0.0552. The van der Waals surface area contributed by atoms with Crippen molar-refractivity contribution in [2.45, 2.75) is 19.5 Å². The van der Waals surface area contributed by atoms with Crippen LogP contribution in [0, 0.1) is 0 Å². The van der Waals surface area contributed by atoms with Gasteiger partial charge in [-0.1, -0.05) is 30.3 Å². The fourth-order valence-electron chi connectivity index (χ4n) is 2.37. The number of rotatable bonds is 4. The summed E-state index contributed by atoms with van der Waals surface area (Å²) >= 11 is 0. The summed E-state index contributed by atoms with van der Waals surface area (Å²) in [5, 5.41) is 9.35. The SMILES string of the molecule is CC(Cn1cccn1)NC(=O)c1ccc2ccccc2c1. The summed E-state index contributed by atoms with van der Waals surface area (Å²) in [4.78, 5) is 12.3. The van der Waals surface area contributed by atoms with E-state index in [4.69, 9.17) is 0 Å². The van der Waals surface area contributed by atoms with Crippen LogP contribution in [0.3, 0.4) is 0 Å². The van der Waals surface area contributed by atoms with Crippen molar-refractivity contribution in [2.24, 2.45) is 0 Å². The van der Waals surface area contributed by atoms with Crippen LogP contribution in [0.5, 0.6) is 0 Å². The average Bonchev–Trinajstić information content (AvgIpc) is 2.99. The van der Waals surface area contributed by atoms with E-state index in [-0.39, 0.29) is 11.9 Å². The van der Waals surface area contributed by atoms with Crippen LogP contribution < -0.4 is 5.32 Å². The van der Waals surface area contributed by atoms with E-state index in [1.165, 1.54) is 0 Å². The van der Waals surface area contributed by atoms with E-state index in [1.807, 2.05) is 66.3 Å². The standard InChI is InChI=1S/C17H17N3O/c1-13(12-20-10-4-9-18-20)19-17(21)16-8-7-14-5-2-3-6-15(14)11-16/h2-11,13H,12H2,1H3,(H,19,21). The highest BCUT2D eigenvalue weighted by Gasteiger charge is 2.10. The zero-order valence-electron chi connectivity index (χ0n) is 11.9. The van der Waals surface area contributed by atoms with E-state index >= 15 is 0 Å². The maximum Gasteiger partial charge on any atom is 0.251 e. The molecule has 106 valence electrons. The van der Waals surface area contributed by atoms with Gasteiger partial charge in [0.2, 0.25) is 0 Å². The fourth-order valence-corrected chi connectivity index (χ4v) is 2.37. The Bertz CT molecular complexity index is 750. The first kappa shape index (κ1) is 13.4. The molecule has 4 heteroatoms. The van der Waals surface area contributed by atoms with Gasteiger partial charge in [0.15, 0.2) is 0 Å². The number of benzene rings is 2. The normalized spacial score (nSPS) is 12.2. The van der Waals surface area contributed by atoms with E-state index in [0.29, 0.717) is 12.1 Å². The van der Waals surface area contributed by atoms with Crippen LogP contribution in [0.15, 0.2) is 60.9 Å². The lowest BCUT2D eigenvalue weighted by molar-refractivity contribution is 0.0936. The number of hydrogen-bond donors (Lipinski definition) is 1. The highest BCUT2D eigenvalue weighted by Crippen LogP contribution is 2.15. The highest BCUT2D eigenvalue weighted by atomic mass is 16.1. The quantitative estimate of drug-likeness (QED) is 0.798. The Balaban J connectivity index is 1.71. The Morgan fingerprint density at radius 1 is 1.19 bits per heavy atom. The van der Waals surface area contributed by atoms with Crippen LogP contribution in [-0.2, 0) is 6.54 Å². The Morgan fingerprint density at radius 2 is 2.00 bits per heavy atom. The molecule has 21 heavy (non-hydrogen) atoms. The monoisotopic (exact) mass is 279 g/mol. The zero-order chi connectivity index (χ0) is 14.7. The van der Waals surface area contributed by atoms with Gasteiger partial charge in [0.25, 0.3) is 5.91 Å². The number of nitrogens with zero attached hydrogens (tertiary/aromatic N) is 2. The van der Waals surface area contributed by atoms with Crippen LogP contribution >= 0.6 is 0 Å². The summed E-state index contributed by atoms with van der Waals surface area (Å²) in [6.07, 6.45) is 3.62. The van der Waals surface area contributed by atoms with E-state index in [9.17, 15) is 4.79 Å². The first-order valence-electron chi connectivity index (χ1n) is 6.99. The molecule has 3 aromatic rings. The topological polar surface area (TPSA) is 46.9 Å². The maximum atomic E-state index is 12.3. The molecule has 1 amide bonds. The van der Waals surface area contributed by atoms with Gasteiger partial charge in [0.05, 0.1) is 6.54 Å². The predicted octanol–water partition coefficient (Wildman–Crippen LogP) is 2.85. The molecule has 1 atom stereocenters. The lowest BCUT2D eigenvalue weighted by Gasteiger charge is -2.14. The smallest absolute Gasteiger partial charge is 0.251 e. The maximum absolute atomic E-state index is 12.3. The third kappa shape index (κ3) is 3.11. The van der Waals surface area contributed by atoms with Crippen molar-refractivity contribution in [3.8, 4) is 0 Å². The Kier molecular flexibility index (Phi) is 3.69. The molecule has 1 heterocycles. The third-order valence-electron chi connectivity index (χ3n) is 3.41. The molecule has 2 aromatic carbocycles. The zero-order valence-corrected chi connectivity index (χ0v) is 11.9. The van der Waals surface area contributed by atoms with E-state index in [2.05, 4.69) is 10.4 Å². The van der Waals surface area contributed by atoms with Gasteiger partial charge >= 0.3 is 0 Å². The second-order valence-corrected chi connectivity index (χ2v) is 5.16. The number of hydrogen-bond acceptors (Lipinski definition) is 2. The van der Waals surface area contributed by atoms with Gasteiger partial charge in [-0.05, 0) is 35.9 Å². The highest BCUT2D eigenvalue weighted by molar-refractivity contribution is 5.98. The van der Waals surface area contributed by atoms with E-state index in [0.717, 1.165) is 10.8 Å². The fraction of sp³-hybridized carbons (Fsp3) is 0.176. The van der Waals surface area contributed by atoms with Gasteiger partial charge in [-0.2, -0.15) is 5.10 Å². The summed E-state index contributed by atoms with van der Waals surface area (Å²) in [5.74, 6) is -0.0552. The number of fused-ring (bicyclic) bond motifs is 1. The number of nitrogens with one attached hydrogen (secondary N) is 1. The molecule has 0 aliphatic carbocycles. The minimum Gasteiger partial charge on any atom is -0.348 e. The molecule has 0 fully saturated rings. The molecule has 0 bridgehead atoms. The third-order valence-corrected chi connectivity index (χ3v) is 3.41. The Hall–Kier alpha value is -2.62. The molecule has 1 unspecified atom stereocenters. The van der Waals surface area contributed by atoms with Crippen molar-refractivity contribution in [2.75, 3.05) is 0 Å². The van der Waals surface area contributed by atoms with Crippen LogP contribution in [0.4, 0.5) is 0 Å². The van der Waals surface area contributed by atoms with Crippen LogP contribution in [-0.4, -0.2) is 21.7 Å². The second-order valence-electron chi connectivity index (χ2n) is 5.16. The molecule has 0 aliphatic heterocycles. The molecule has 4 nitrogen and oxygen atoms in total. The first-order chi connectivity index (χ1) is 10.2. The number of carbonyl (C=O) groups excluding carboxylic acids is 1. The summed E-state index contributed by atoms with van der Waals surface area (Å²) in [6, 6.07) is 15.7. The molecule has 0 saturated carbocycles. The van der Waals surface area contributed by atoms with Crippen molar-refractivity contribution in [3.05, 3.63) is 66.5 Å². The summed E-state index contributed by atoms with van der Waals surface area (Å²) in [6.45, 7) is 2.63. The van der Waals surface area contributed by atoms with Crippen LogP contribution in [0.2, 0.25) is 0 Å². The lowest BCUT2D eigenvalue weighted by atomic mass is 10.1. The molecule has 3 rings (SSSR count). The summed E-state index contributed by atoms with van der Waals surface area (Å²) < 4.78 is 1.81. The molecule has 1 aromatic heterocycles. The van der Waals surface area contributed by atoms with Crippen molar-refractivity contribution < 1.29 is 4.79 Å². The van der Waals surface area contributed by atoms with Crippen LogP contribution in [0.1, 0.15) is 17.3 Å². The van der Waals surface area contributed by atoms with Gasteiger partial charge in [0, 0.05) is 24.0 Å². The molecule has 0 saturated heterocycles. The molecule has 1 N–H and O–H groups in total. The Labute approximate surface area is 123 Å². The first-order valence-corrected chi connectivity index (χ1v) is 6.99. The van der Waals surface area contributed by atoms with Crippen LogP contribution in [0.25, 0.3) is 10.8 Å².